The van der Waals surface area contributed by atoms with E-state index in [1.165, 1.54) is 51.9 Å². The molecule has 4 aromatic rings. The Morgan fingerprint density at radius 2 is 1.37 bits per heavy atom. The van der Waals surface area contributed by atoms with E-state index in [1.807, 2.05) is 0 Å². The first-order valence-electron chi connectivity index (χ1n) is 10.9. The van der Waals surface area contributed by atoms with Gasteiger partial charge in [0.2, 0.25) is 0 Å². The van der Waals surface area contributed by atoms with Crippen molar-refractivity contribution >= 4 is 28.4 Å². The molecule has 1 fully saturated rings. The van der Waals surface area contributed by atoms with Crippen LogP contribution in [0.1, 0.15) is 12.8 Å². The Morgan fingerprint density at radius 3 is 1.89 bits per heavy atom. The number of aromatic nitrogens is 4. The van der Waals surface area contributed by atoms with Crippen LogP contribution in [0.25, 0.3) is 22.1 Å². The smallest absolute Gasteiger partial charge is 0.269 e. The van der Waals surface area contributed by atoms with Crippen LogP contribution in [0.15, 0.2) is 58.4 Å². The predicted octanol–water partition coefficient (Wildman–Crippen LogP) is 2.42. The van der Waals surface area contributed by atoms with Crippen LogP contribution in [0.3, 0.4) is 0 Å². The zero-order valence-corrected chi connectivity index (χ0v) is 18.6. The second-order valence-corrected chi connectivity index (χ2v) is 7.68. The number of hydrogen-bond donors (Lipinski definition) is 0. The van der Waals surface area contributed by atoms with Gasteiger partial charge < -0.3 is 23.4 Å². The fourth-order valence-electron chi connectivity index (χ4n) is 3.72. The van der Waals surface area contributed by atoms with Crippen molar-refractivity contribution in [2.45, 2.75) is 32.2 Å². The summed E-state index contributed by atoms with van der Waals surface area (Å²) in [6.07, 6.45) is 3.62. The van der Waals surface area contributed by atoms with Gasteiger partial charge in [0.05, 0.1) is 47.7 Å². The molecular weight excluding hydrogens is 462 g/mol. The molecule has 0 unspecified atom stereocenters. The van der Waals surface area contributed by atoms with Gasteiger partial charge in [-0.2, -0.15) is 0 Å². The van der Waals surface area contributed by atoms with E-state index in [4.69, 9.17) is 9.47 Å². The van der Waals surface area contributed by atoms with Gasteiger partial charge in [-0.05, 0) is 36.4 Å². The van der Waals surface area contributed by atoms with Gasteiger partial charge in [0.15, 0.2) is 6.29 Å². The van der Waals surface area contributed by atoms with Crippen molar-refractivity contribution in [1.29, 1.82) is 0 Å². The van der Waals surface area contributed by atoms with Crippen LogP contribution in [0.5, 0.6) is 0 Å². The second-order valence-electron chi connectivity index (χ2n) is 7.68. The molecule has 1 aliphatic rings. The molecule has 182 valence electrons. The van der Waals surface area contributed by atoms with Gasteiger partial charge in [-0.15, -0.1) is 0 Å². The minimum Gasteiger partial charge on any atom is -0.350 e. The molecule has 2 aromatic carbocycles. The van der Waals surface area contributed by atoms with E-state index in [0.29, 0.717) is 48.2 Å². The fourth-order valence-corrected chi connectivity index (χ4v) is 3.72. The molecule has 0 atom stereocenters. The van der Waals surface area contributed by atoms with Crippen molar-refractivity contribution in [3.05, 3.63) is 81.1 Å². The lowest BCUT2D eigenvalue weighted by molar-refractivity contribution is -0.108. The minimum absolute atomic E-state index is 0.218. The highest BCUT2D eigenvalue weighted by atomic mass is 19.1. The lowest BCUT2D eigenvalue weighted by Crippen LogP contribution is -2.23. The monoisotopic (exact) mass is 484 g/mol. The van der Waals surface area contributed by atoms with E-state index >= 15 is 0 Å². The summed E-state index contributed by atoms with van der Waals surface area (Å²) in [5, 5.41) is 0. The SMILES string of the molecule is O=CCCn1c(=O)cnc2ccc(F)cc21.O=c1cnc2ccc(F)cc2n1CCC1OCCO1. The number of nitrogens with zero attached hydrogens (tertiary/aromatic N) is 4. The number of carbonyl (C=O) groups excluding carboxylic acids is 1. The normalized spacial score (nSPS) is 13.7. The van der Waals surface area contributed by atoms with Gasteiger partial charge >= 0.3 is 0 Å². The average molecular weight is 484 g/mol. The largest absolute Gasteiger partial charge is 0.350 e. The van der Waals surface area contributed by atoms with E-state index in [1.54, 1.807) is 6.07 Å². The number of halogens is 2. The van der Waals surface area contributed by atoms with Crippen molar-refractivity contribution in [2.24, 2.45) is 0 Å². The molecule has 0 amide bonds. The second kappa shape index (κ2) is 11.1. The Balaban J connectivity index is 0.000000168. The van der Waals surface area contributed by atoms with Crippen molar-refractivity contribution < 1.29 is 23.0 Å². The third-order valence-electron chi connectivity index (χ3n) is 5.37. The topological polar surface area (TPSA) is 105 Å². The number of ether oxygens (including phenoxy) is 2. The van der Waals surface area contributed by atoms with Crippen molar-refractivity contribution in [3.8, 4) is 0 Å². The highest BCUT2D eigenvalue weighted by molar-refractivity contribution is 5.75. The molecule has 0 radical (unpaired) electrons. The van der Waals surface area contributed by atoms with Crippen LogP contribution >= 0.6 is 0 Å². The zero-order chi connectivity index (χ0) is 24.8. The third-order valence-corrected chi connectivity index (χ3v) is 5.37. The Bertz CT molecular complexity index is 1460. The number of rotatable bonds is 6. The van der Waals surface area contributed by atoms with E-state index in [-0.39, 0.29) is 36.2 Å². The summed E-state index contributed by atoms with van der Waals surface area (Å²) in [6.45, 7) is 1.80. The lowest BCUT2D eigenvalue weighted by Gasteiger charge is -2.12. The van der Waals surface area contributed by atoms with Gasteiger partial charge in [-0.3, -0.25) is 9.59 Å². The highest BCUT2D eigenvalue weighted by Crippen LogP contribution is 2.14. The van der Waals surface area contributed by atoms with Crippen molar-refractivity contribution in [2.75, 3.05) is 13.2 Å². The molecular formula is C24H22F2N4O5. The van der Waals surface area contributed by atoms with Crippen molar-refractivity contribution in [3.63, 3.8) is 0 Å². The highest BCUT2D eigenvalue weighted by Gasteiger charge is 2.16. The molecule has 35 heavy (non-hydrogen) atoms. The molecule has 0 spiro atoms. The van der Waals surface area contributed by atoms with Crippen LogP contribution in [0.4, 0.5) is 8.78 Å². The summed E-state index contributed by atoms with van der Waals surface area (Å²) in [6, 6.07) is 8.23. The van der Waals surface area contributed by atoms with Crippen molar-refractivity contribution in [1.82, 2.24) is 19.1 Å². The number of carbonyl (C=O) groups is 1. The standard InChI is InChI=1S/C13H13FN2O3.C11H9FN2O2/c14-9-1-2-10-11(7-9)16(12(17)8-15-10)4-3-13-18-5-6-19-13;12-8-2-3-9-10(6-8)14(4-1-5-15)11(16)7-13-9/h1-2,7-8,13H,3-6H2;2-3,5-7H,1,4H2. The summed E-state index contributed by atoms with van der Waals surface area (Å²) >= 11 is 0. The van der Waals surface area contributed by atoms with Crippen LogP contribution in [0.2, 0.25) is 0 Å². The number of fused-ring (bicyclic) bond motifs is 2. The van der Waals surface area contributed by atoms with E-state index in [2.05, 4.69) is 9.97 Å². The third kappa shape index (κ3) is 5.81. The van der Waals surface area contributed by atoms with E-state index in [0.717, 1.165) is 6.29 Å². The summed E-state index contributed by atoms with van der Waals surface area (Å²) in [5.74, 6) is -0.818. The van der Waals surface area contributed by atoms with Crippen LogP contribution < -0.4 is 11.1 Å². The molecule has 1 aliphatic heterocycles. The summed E-state index contributed by atoms with van der Waals surface area (Å²) in [7, 11) is 0. The Morgan fingerprint density at radius 1 is 0.857 bits per heavy atom. The maximum atomic E-state index is 13.3. The van der Waals surface area contributed by atoms with Gasteiger partial charge in [-0.25, -0.2) is 18.7 Å². The summed E-state index contributed by atoms with van der Waals surface area (Å²) in [5.41, 5.74) is 1.44. The maximum Gasteiger partial charge on any atom is 0.269 e. The molecule has 1 saturated heterocycles. The molecule has 5 rings (SSSR count). The van der Waals surface area contributed by atoms with Crippen LogP contribution in [-0.2, 0) is 27.4 Å². The molecule has 0 saturated carbocycles. The first kappa shape index (κ1) is 24.3. The number of aryl methyl sites for hydroxylation is 2. The molecule has 0 N–H and O–H groups in total. The zero-order valence-electron chi connectivity index (χ0n) is 18.6. The summed E-state index contributed by atoms with van der Waals surface area (Å²) < 4.78 is 39.8. The first-order valence-corrected chi connectivity index (χ1v) is 10.9. The minimum atomic E-state index is -0.431. The molecule has 11 heteroatoms. The summed E-state index contributed by atoms with van der Waals surface area (Å²) in [4.78, 5) is 41.5. The first-order chi connectivity index (χ1) is 17.0. The molecule has 3 heterocycles. The molecule has 9 nitrogen and oxygen atoms in total. The fraction of sp³-hybridized carbons (Fsp3) is 0.292. The van der Waals surface area contributed by atoms with Gasteiger partial charge in [-0.1, -0.05) is 0 Å². The quantitative estimate of drug-likeness (QED) is 0.387. The molecule has 0 aliphatic carbocycles. The predicted molar refractivity (Wildman–Crippen MR) is 123 cm³/mol. The van der Waals surface area contributed by atoms with Gasteiger partial charge in [0.1, 0.15) is 17.9 Å². The Labute approximate surface area is 197 Å². The van der Waals surface area contributed by atoms with Gasteiger partial charge in [0.25, 0.3) is 11.1 Å². The Kier molecular flexibility index (Phi) is 7.68. The average Bonchev–Trinajstić information content (AvgIpc) is 3.37. The number of aldehydes is 1. The van der Waals surface area contributed by atoms with E-state index < -0.39 is 5.82 Å². The maximum absolute atomic E-state index is 13.3. The van der Waals surface area contributed by atoms with Crippen LogP contribution in [0, 0.1) is 11.6 Å². The van der Waals surface area contributed by atoms with Crippen LogP contribution in [-0.4, -0.2) is 44.9 Å². The number of hydrogen-bond acceptors (Lipinski definition) is 7. The molecule has 2 aromatic heterocycles. The number of benzene rings is 2. The molecule has 0 bridgehead atoms. The lowest BCUT2D eigenvalue weighted by atomic mass is 10.2. The van der Waals surface area contributed by atoms with E-state index in [9.17, 15) is 23.2 Å². The Hall–Kier alpha value is -3.83. The van der Waals surface area contributed by atoms with Gasteiger partial charge in [0, 0.05) is 25.9 Å².